The van der Waals surface area contributed by atoms with Gasteiger partial charge in [-0.25, -0.2) is 4.79 Å². The zero-order valence-corrected chi connectivity index (χ0v) is 11.1. The molecule has 0 spiro atoms. The fraction of sp³-hybridized carbons (Fsp3) is 0.357. The molecule has 3 unspecified atom stereocenters. The van der Waals surface area contributed by atoms with Gasteiger partial charge >= 0.3 is 12.0 Å². The molecule has 1 aromatic rings. The Hall–Kier alpha value is -2.37. The van der Waals surface area contributed by atoms with Gasteiger partial charge in [0, 0.05) is 12.4 Å². The molecule has 2 rings (SSSR count). The minimum absolute atomic E-state index is 0.140. The van der Waals surface area contributed by atoms with Crippen LogP contribution in [0.3, 0.4) is 0 Å². The third-order valence-electron chi connectivity index (χ3n) is 3.27. The maximum Gasteiger partial charge on any atom is 0.315 e. The Kier molecular flexibility index (Phi) is 4.34. The number of carbonyl (C=O) groups is 2. The molecule has 3 N–H and O–H groups in total. The highest BCUT2D eigenvalue weighted by Gasteiger charge is 2.25. The molecule has 0 saturated carbocycles. The number of aliphatic carboxylic acids is 1. The lowest BCUT2D eigenvalue weighted by molar-refractivity contribution is -0.140. The molecule has 6 heteroatoms. The van der Waals surface area contributed by atoms with Crippen molar-refractivity contribution in [3.63, 3.8) is 0 Å². The van der Waals surface area contributed by atoms with Crippen molar-refractivity contribution in [1.29, 1.82) is 0 Å². The summed E-state index contributed by atoms with van der Waals surface area (Å²) in [5.74, 6) is -1.38. The van der Waals surface area contributed by atoms with Gasteiger partial charge in [0.1, 0.15) is 0 Å². The molecule has 0 radical (unpaired) electrons. The number of hydrogen-bond donors (Lipinski definition) is 3. The van der Waals surface area contributed by atoms with Gasteiger partial charge in [-0.1, -0.05) is 12.2 Å². The van der Waals surface area contributed by atoms with Crippen molar-refractivity contribution in [2.24, 2.45) is 5.92 Å². The van der Waals surface area contributed by atoms with Crippen molar-refractivity contribution < 1.29 is 14.7 Å². The number of amides is 2. The molecule has 0 bridgehead atoms. The summed E-state index contributed by atoms with van der Waals surface area (Å²) >= 11 is 0. The number of carboxylic acids is 1. The maximum atomic E-state index is 11.8. The Morgan fingerprint density at radius 3 is 2.65 bits per heavy atom. The lowest BCUT2D eigenvalue weighted by Crippen LogP contribution is -2.42. The minimum Gasteiger partial charge on any atom is -0.481 e. The highest BCUT2D eigenvalue weighted by Crippen LogP contribution is 2.18. The van der Waals surface area contributed by atoms with Gasteiger partial charge in [0.05, 0.1) is 18.0 Å². The first-order valence-electron chi connectivity index (χ1n) is 6.44. The molecule has 0 aromatic carbocycles. The summed E-state index contributed by atoms with van der Waals surface area (Å²) in [6, 6.07) is 2.98. The molecular formula is C14H17N3O3. The largest absolute Gasteiger partial charge is 0.481 e. The molecule has 0 fully saturated rings. The first-order chi connectivity index (χ1) is 9.56. The minimum atomic E-state index is -0.865. The van der Waals surface area contributed by atoms with Gasteiger partial charge in [0.15, 0.2) is 0 Å². The molecule has 0 aliphatic heterocycles. The van der Waals surface area contributed by atoms with E-state index in [9.17, 15) is 9.59 Å². The Morgan fingerprint density at radius 1 is 1.35 bits per heavy atom. The van der Waals surface area contributed by atoms with Crippen LogP contribution in [0.15, 0.2) is 36.7 Å². The number of carboxylic acid groups (broad SMARTS) is 1. The van der Waals surface area contributed by atoms with Crippen LogP contribution in [0.1, 0.15) is 24.9 Å². The molecule has 106 valence electrons. The SMILES string of the molecule is CC(NC(=O)NC1C=CC(C(=O)O)C1)c1ccncc1. The molecule has 3 atom stereocenters. The third kappa shape index (κ3) is 3.57. The molecule has 1 aliphatic carbocycles. The summed E-state index contributed by atoms with van der Waals surface area (Å²) in [4.78, 5) is 26.6. The van der Waals surface area contributed by atoms with Gasteiger partial charge in [-0.05, 0) is 31.0 Å². The second kappa shape index (κ2) is 6.18. The zero-order valence-electron chi connectivity index (χ0n) is 11.1. The first-order valence-corrected chi connectivity index (χ1v) is 6.44. The summed E-state index contributed by atoms with van der Waals surface area (Å²) < 4.78 is 0. The van der Waals surface area contributed by atoms with E-state index in [0.717, 1.165) is 5.56 Å². The average Bonchev–Trinajstić information content (AvgIpc) is 2.88. The second-order valence-electron chi connectivity index (χ2n) is 4.79. The van der Waals surface area contributed by atoms with Crippen LogP contribution < -0.4 is 10.6 Å². The van der Waals surface area contributed by atoms with E-state index in [1.54, 1.807) is 24.5 Å². The Morgan fingerprint density at radius 2 is 2.05 bits per heavy atom. The van der Waals surface area contributed by atoms with E-state index in [0.29, 0.717) is 6.42 Å². The highest BCUT2D eigenvalue weighted by atomic mass is 16.4. The molecule has 1 aromatic heterocycles. The van der Waals surface area contributed by atoms with Crippen LogP contribution in [0, 0.1) is 5.92 Å². The van der Waals surface area contributed by atoms with Crippen LogP contribution >= 0.6 is 0 Å². The lowest BCUT2D eigenvalue weighted by atomic mass is 10.1. The molecule has 20 heavy (non-hydrogen) atoms. The average molecular weight is 275 g/mol. The van der Waals surface area contributed by atoms with E-state index in [2.05, 4.69) is 15.6 Å². The molecule has 2 amide bonds. The number of hydrogen-bond acceptors (Lipinski definition) is 3. The van der Waals surface area contributed by atoms with Crippen LogP contribution in [-0.2, 0) is 4.79 Å². The van der Waals surface area contributed by atoms with E-state index in [-0.39, 0.29) is 18.1 Å². The third-order valence-corrected chi connectivity index (χ3v) is 3.27. The maximum absolute atomic E-state index is 11.8. The number of rotatable bonds is 4. The first kappa shape index (κ1) is 14.0. The molecular weight excluding hydrogens is 258 g/mol. The van der Waals surface area contributed by atoms with Crippen LogP contribution in [0.4, 0.5) is 4.79 Å². The van der Waals surface area contributed by atoms with Gasteiger partial charge in [-0.15, -0.1) is 0 Å². The Labute approximate surface area is 116 Å². The van der Waals surface area contributed by atoms with Crippen molar-refractivity contribution in [1.82, 2.24) is 15.6 Å². The standard InChI is InChI=1S/C14H17N3O3/c1-9(10-4-6-15-7-5-10)16-14(20)17-12-3-2-11(8-12)13(18)19/h2-7,9,11-12H,8H2,1H3,(H,18,19)(H2,16,17,20). The number of carbonyl (C=O) groups excluding carboxylic acids is 1. The van der Waals surface area contributed by atoms with E-state index in [1.165, 1.54) is 0 Å². The van der Waals surface area contributed by atoms with Crippen LogP contribution in [0.2, 0.25) is 0 Å². The van der Waals surface area contributed by atoms with Crippen LogP contribution in [0.25, 0.3) is 0 Å². The van der Waals surface area contributed by atoms with E-state index in [4.69, 9.17) is 5.11 Å². The molecule has 6 nitrogen and oxygen atoms in total. The summed E-state index contributed by atoms with van der Waals surface area (Å²) in [6.45, 7) is 1.87. The summed E-state index contributed by atoms with van der Waals surface area (Å²) in [5, 5.41) is 14.4. The van der Waals surface area contributed by atoms with E-state index < -0.39 is 11.9 Å². The van der Waals surface area contributed by atoms with E-state index >= 15 is 0 Å². The van der Waals surface area contributed by atoms with Gasteiger partial charge in [0.2, 0.25) is 0 Å². The number of nitrogens with zero attached hydrogens (tertiary/aromatic N) is 1. The summed E-state index contributed by atoms with van der Waals surface area (Å²) in [6.07, 6.45) is 7.06. The highest BCUT2D eigenvalue weighted by molar-refractivity contribution is 5.76. The van der Waals surface area contributed by atoms with Crippen molar-refractivity contribution in [3.05, 3.63) is 42.2 Å². The van der Waals surface area contributed by atoms with Gasteiger partial charge < -0.3 is 15.7 Å². The van der Waals surface area contributed by atoms with Crippen LogP contribution in [0.5, 0.6) is 0 Å². The van der Waals surface area contributed by atoms with Crippen molar-refractivity contribution in [3.8, 4) is 0 Å². The quantitative estimate of drug-likeness (QED) is 0.726. The predicted octanol–water partition coefficient (Wildman–Crippen LogP) is 1.47. The fourth-order valence-electron chi connectivity index (χ4n) is 2.13. The van der Waals surface area contributed by atoms with Crippen molar-refractivity contribution in [2.75, 3.05) is 0 Å². The van der Waals surface area contributed by atoms with Crippen LogP contribution in [-0.4, -0.2) is 28.1 Å². The van der Waals surface area contributed by atoms with Gasteiger partial charge in [0.25, 0.3) is 0 Å². The summed E-state index contributed by atoms with van der Waals surface area (Å²) in [7, 11) is 0. The molecule has 1 heterocycles. The van der Waals surface area contributed by atoms with Gasteiger partial charge in [-0.2, -0.15) is 0 Å². The van der Waals surface area contributed by atoms with Crippen molar-refractivity contribution in [2.45, 2.75) is 25.4 Å². The number of aromatic nitrogens is 1. The Bertz CT molecular complexity index is 516. The van der Waals surface area contributed by atoms with Crippen molar-refractivity contribution >= 4 is 12.0 Å². The smallest absolute Gasteiger partial charge is 0.315 e. The zero-order chi connectivity index (χ0) is 14.5. The normalized spacial score (nSPS) is 22.2. The number of nitrogens with one attached hydrogen (secondary N) is 2. The number of pyridine rings is 1. The van der Waals surface area contributed by atoms with E-state index in [1.807, 2.05) is 19.1 Å². The summed E-state index contributed by atoms with van der Waals surface area (Å²) in [5.41, 5.74) is 0.959. The fourth-order valence-corrected chi connectivity index (χ4v) is 2.13. The predicted molar refractivity (Wildman–Crippen MR) is 73.0 cm³/mol. The molecule has 1 aliphatic rings. The second-order valence-corrected chi connectivity index (χ2v) is 4.79. The Balaban J connectivity index is 1.82. The monoisotopic (exact) mass is 275 g/mol. The molecule has 0 saturated heterocycles. The lowest BCUT2D eigenvalue weighted by Gasteiger charge is -2.17. The topological polar surface area (TPSA) is 91.3 Å². The number of urea groups is 1. The van der Waals surface area contributed by atoms with Gasteiger partial charge in [-0.3, -0.25) is 9.78 Å².